The standard InChI is InChI=1S/C17H29N3O3/c1-6-7-14-10-13(8-9-22-14)16(21)20(17(3,4)5)11-15-19-18-12(2)23-15/h13-14H,6-11H2,1-5H3/t13-,14-/m1/s1. The maximum Gasteiger partial charge on any atom is 0.235 e. The van der Waals surface area contributed by atoms with E-state index in [1.165, 1.54) is 0 Å². The second-order valence-electron chi connectivity index (χ2n) is 7.31. The second-order valence-corrected chi connectivity index (χ2v) is 7.31. The van der Waals surface area contributed by atoms with Gasteiger partial charge in [0, 0.05) is 25.0 Å². The Morgan fingerprint density at radius 2 is 2.09 bits per heavy atom. The summed E-state index contributed by atoms with van der Waals surface area (Å²) >= 11 is 0. The molecule has 0 bridgehead atoms. The van der Waals surface area contributed by atoms with Crippen molar-refractivity contribution in [3.63, 3.8) is 0 Å². The van der Waals surface area contributed by atoms with Gasteiger partial charge < -0.3 is 14.1 Å². The van der Waals surface area contributed by atoms with Crippen LogP contribution in [-0.2, 0) is 16.1 Å². The monoisotopic (exact) mass is 323 g/mol. The van der Waals surface area contributed by atoms with E-state index in [4.69, 9.17) is 9.15 Å². The van der Waals surface area contributed by atoms with Crippen LogP contribution in [0.2, 0.25) is 0 Å². The van der Waals surface area contributed by atoms with Gasteiger partial charge in [-0.3, -0.25) is 4.79 Å². The van der Waals surface area contributed by atoms with Gasteiger partial charge in [0.2, 0.25) is 17.7 Å². The third kappa shape index (κ3) is 4.77. The third-order valence-electron chi connectivity index (χ3n) is 4.26. The molecule has 0 unspecified atom stereocenters. The molecule has 1 fully saturated rings. The van der Waals surface area contributed by atoms with Gasteiger partial charge in [0.05, 0.1) is 12.6 Å². The summed E-state index contributed by atoms with van der Waals surface area (Å²) in [4.78, 5) is 14.9. The molecule has 6 nitrogen and oxygen atoms in total. The van der Waals surface area contributed by atoms with Gasteiger partial charge in [-0.05, 0) is 40.0 Å². The molecule has 2 heterocycles. The third-order valence-corrected chi connectivity index (χ3v) is 4.26. The molecule has 0 aromatic carbocycles. The Labute approximate surface area is 138 Å². The van der Waals surface area contributed by atoms with Gasteiger partial charge in [-0.15, -0.1) is 10.2 Å². The lowest BCUT2D eigenvalue weighted by atomic mass is 9.90. The molecular formula is C17H29N3O3. The Kier molecular flexibility index (Phi) is 5.79. The summed E-state index contributed by atoms with van der Waals surface area (Å²) in [6.07, 6.45) is 3.89. The summed E-state index contributed by atoms with van der Waals surface area (Å²) in [7, 11) is 0. The van der Waals surface area contributed by atoms with Gasteiger partial charge in [0.15, 0.2) is 0 Å². The van der Waals surface area contributed by atoms with Crippen LogP contribution < -0.4 is 0 Å². The van der Waals surface area contributed by atoms with E-state index >= 15 is 0 Å². The molecule has 1 saturated heterocycles. The lowest BCUT2D eigenvalue weighted by Gasteiger charge is -2.39. The van der Waals surface area contributed by atoms with Crippen LogP contribution in [-0.4, -0.2) is 39.3 Å². The van der Waals surface area contributed by atoms with E-state index in [0.29, 0.717) is 24.9 Å². The molecule has 1 aliphatic rings. The van der Waals surface area contributed by atoms with E-state index in [1.54, 1.807) is 6.92 Å². The van der Waals surface area contributed by atoms with E-state index < -0.39 is 0 Å². The van der Waals surface area contributed by atoms with Gasteiger partial charge in [0.1, 0.15) is 0 Å². The minimum Gasteiger partial charge on any atom is -0.424 e. The van der Waals surface area contributed by atoms with Crippen LogP contribution in [0.3, 0.4) is 0 Å². The van der Waals surface area contributed by atoms with Crippen molar-refractivity contribution < 1.29 is 13.9 Å². The molecule has 2 atom stereocenters. The SMILES string of the molecule is CCC[C@@H]1C[C@H](C(=O)N(Cc2nnc(C)o2)C(C)(C)C)CCO1. The average molecular weight is 323 g/mol. The molecular weight excluding hydrogens is 294 g/mol. The fourth-order valence-electron chi connectivity index (χ4n) is 3.03. The van der Waals surface area contributed by atoms with Crippen LogP contribution in [0.15, 0.2) is 4.42 Å². The van der Waals surface area contributed by atoms with E-state index in [-0.39, 0.29) is 23.5 Å². The largest absolute Gasteiger partial charge is 0.424 e. The van der Waals surface area contributed by atoms with Gasteiger partial charge in [0.25, 0.3) is 0 Å². The number of rotatable bonds is 5. The van der Waals surface area contributed by atoms with Crippen LogP contribution in [0.4, 0.5) is 0 Å². The minimum absolute atomic E-state index is 0.0172. The van der Waals surface area contributed by atoms with Crippen molar-refractivity contribution in [2.24, 2.45) is 5.92 Å². The van der Waals surface area contributed by atoms with E-state index in [2.05, 4.69) is 17.1 Å². The number of aromatic nitrogens is 2. The number of carbonyl (C=O) groups is 1. The van der Waals surface area contributed by atoms with Crippen molar-refractivity contribution in [2.45, 2.75) is 78.5 Å². The van der Waals surface area contributed by atoms with Gasteiger partial charge in [-0.25, -0.2) is 0 Å². The molecule has 2 rings (SSSR count). The first-order valence-electron chi connectivity index (χ1n) is 8.53. The van der Waals surface area contributed by atoms with E-state index in [1.807, 2.05) is 25.7 Å². The van der Waals surface area contributed by atoms with Crippen molar-refractivity contribution >= 4 is 5.91 Å². The molecule has 1 aliphatic heterocycles. The topological polar surface area (TPSA) is 68.5 Å². The Morgan fingerprint density at radius 1 is 1.35 bits per heavy atom. The number of aryl methyl sites for hydroxylation is 1. The summed E-state index contributed by atoms with van der Waals surface area (Å²) in [6.45, 7) is 11.0. The molecule has 0 N–H and O–H groups in total. The van der Waals surface area contributed by atoms with Crippen LogP contribution >= 0.6 is 0 Å². The Bertz CT molecular complexity index is 519. The molecule has 6 heteroatoms. The summed E-state index contributed by atoms with van der Waals surface area (Å²) in [5.41, 5.74) is -0.294. The van der Waals surface area contributed by atoms with Crippen molar-refractivity contribution in [3.05, 3.63) is 11.8 Å². The van der Waals surface area contributed by atoms with E-state index in [9.17, 15) is 4.79 Å². The molecule has 23 heavy (non-hydrogen) atoms. The Balaban J connectivity index is 2.10. The number of hydrogen-bond acceptors (Lipinski definition) is 5. The predicted octanol–water partition coefficient (Wildman–Crippen LogP) is 3.10. The quantitative estimate of drug-likeness (QED) is 0.833. The van der Waals surface area contributed by atoms with Crippen molar-refractivity contribution in [2.75, 3.05) is 6.61 Å². The molecule has 1 amide bonds. The maximum atomic E-state index is 13.1. The average Bonchev–Trinajstić information content (AvgIpc) is 2.89. The van der Waals surface area contributed by atoms with Crippen LogP contribution in [0.5, 0.6) is 0 Å². The van der Waals surface area contributed by atoms with Crippen molar-refractivity contribution in [3.8, 4) is 0 Å². The first-order chi connectivity index (χ1) is 10.8. The van der Waals surface area contributed by atoms with Crippen molar-refractivity contribution in [1.82, 2.24) is 15.1 Å². The summed E-state index contributed by atoms with van der Waals surface area (Å²) in [5, 5.41) is 7.89. The zero-order valence-electron chi connectivity index (χ0n) is 15.0. The Morgan fingerprint density at radius 3 is 2.65 bits per heavy atom. The summed E-state index contributed by atoms with van der Waals surface area (Å²) < 4.78 is 11.2. The number of hydrogen-bond donors (Lipinski definition) is 0. The molecule has 1 aromatic rings. The molecule has 0 radical (unpaired) electrons. The highest BCUT2D eigenvalue weighted by molar-refractivity contribution is 5.79. The lowest BCUT2D eigenvalue weighted by molar-refractivity contribution is -0.147. The van der Waals surface area contributed by atoms with Crippen LogP contribution in [0.25, 0.3) is 0 Å². The smallest absolute Gasteiger partial charge is 0.235 e. The molecule has 1 aromatic heterocycles. The molecule has 0 aliphatic carbocycles. The zero-order chi connectivity index (χ0) is 17.0. The fourth-order valence-corrected chi connectivity index (χ4v) is 3.03. The lowest BCUT2D eigenvalue weighted by Crippen LogP contribution is -2.49. The highest BCUT2D eigenvalue weighted by atomic mass is 16.5. The van der Waals surface area contributed by atoms with Crippen molar-refractivity contribution in [1.29, 1.82) is 0 Å². The number of carbonyl (C=O) groups excluding carboxylic acids is 1. The van der Waals surface area contributed by atoms with Gasteiger partial charge >= 0.3 is 0 Å². The first kappa shape index (κ1) is 17.9. The second kappa shape index (κ2) is 7.43. The molecule has 130 valence electrons. The minimum atomic E-state index is -0.294. The highest BCUT2D eigenvalue weighted by Crippen LogP contribution is 2.28. The number of nitrogens with zero attached hydrogens (tertiary/aromatic N) is 3. The van der Waals surface area contributed by atoms with Crippen LogP contribution in [0, 0.1) is 12.8 Å². The molecule has 0 spiro atoms. The highest BCUT2D eigenvalue weighted by Gasteiger charge is 2.35. The maximum absolute atomic E-state index is 13.1. The predicted molar refractivity (Wildman–Crippen MR) is 86.7 cm³/mol. The number of amides is 1. The van der Waals surface area contributed by atoms with Gasteiger partial charge in [-0.1, -0.05) is 13.3 Å². The normalized spacial score (nSPS) is 22.1. The summed E-state index contributed by atoms with van der Waals surface area (Å²) in [6, 6.07) is 0. The van der Waals surface area contributed by atoms with E-state index in [0.717, 1.165) is 25.7 Å². The summed E-state index contributed by atoms with van der Waals surface area (Å²) in [5.74, 6) is 1.19. The van der Waals surface area contributed by atoms with Gasteiger partial charge in [-0.2, -0.15) is 0 Å². The fraction of sp³-hybridized carbons (Fsp3) is 0.824. The number of ether oxygens (including phenoxy) is 1. The first-order valence-corrected chi connectivity index (χ1v) is 8.53. The zero-order valence-corrected chi connectivity index (χ0v) is 15.0. The Hall–Kier alpha value is -1.43. The molecule has 0 saturated carbocycles. The van der Waals surface area contributed by atoms with Crippen LogP contribution in [0.1, 0.15) is 65.2 Å².